The highest BCUT2D eigenvalue weighted by Crippen LogP contribution is 2.13. The number of piperazine rings is 1. The van der Waals surface area contributed by atoms with Crippen molar-refractivity contribution in [3.05, 3.63) is 59.9 Å². The van der Waals surface area contributed by atoms with Gasteiger partial charge in [0.25, 0.3) is 5.91 Å². The first-order valence-electron chi connectivity index (χ1n) is 9.22. The van der Waals surface area contributed by atoms with Crippen molar-refractivity contribution in [2.75, 3.05) is 44.6 Å². The number of rotatable bonds is 6. The number of nitriles is 1. The highest BCUT2D eigenvalue weighted by Gasteiger charge is 2.22. The van der Waals surface area contributed by atoms with Gasteiger partial charge in [-0.3, -0.25) is 14.5 Å². The normalized spacial score (nSPS) is 14.1. The largest absolute Gasteiger partial charge is 0.484 e. The monoisotopic (exact) mass is 396 g/mol. The van der Waals surface area contributed by atoms with E-state index in [1.807, 2.05) is 11.0 Å². The van der Waals surface area contributed by atoms with Crippen LogP contribution < -0.4 is 10.1 Å². The highest BCUT2D eigenvalue weighted by atomic mass is 19.1. The fraction of sp³-hybridized carbons (Fsp3) is 0.286. The predicted octanol–water partition coefficient (Wildman–Crippen LogP) is 1.86. The van der Waals surface area contributed by atoms with Gasteiger partial charge in [-0.15, -0.1) is 0 Å². The molecular weight excluding hydrogens is 375 g/mol. The zero-order valence-electron chi connectivity index (χ0n) is 15.8. The SMILES string of the molecule is N#Cc1cccc(OCC(=O)N2CCN(CC(=O)Nc3ccc(F)cc3)CC2)c1. The van der Waals surface area contributed by atoms with E-state index in [0.29, 0.717) is 43.2 Å². The third-order valence-corrected chi connectivity index (χ3v) is 4.55. The van der Waals surface area contributed by atoms with Crippen molar-refractivity contribution >= 4 is 17.5 Å². The molecule has 1 N–H and O–H groups in total. The summed E-state index contributed by atoms with van der Waals surface area (Å²) >= 11 is 0. The lowest BCUT2D eigenvalue weighted by Crippen LogP contribution is -2.51. The summed E-state index contributed by atoms with van der Waals surface area (Å²) in [4.78, 5) is 28.1. The van der Waals surface area contributed by atoms with Gasteiger partial charge in [-0.1, -0.05) is 6.07 Å². The number of nitrogens with zero attached hydrogens (tertiary/aromatic N) is 3. The van der Waals surface area contributed by atoms with E-state index >= 15 is 0 Å². The van der Waals surface area contributed by atoms with Crippen LogP contribution in [-0.4, -0.2) is 60.9 Å². The summed E-state index contributed by atoms with van der Waals surface area (Å²) in [7, 11) is 0. The molecule has 8 heteroatoms. The average molecular weight is 396 g/mol. The Morgan fingerprint density at radius 1 is 1.10 bits per heavy atom. The Kier molecular flexibility index (Phi) is 6.76. The van der Waals surface area contributed by atoms with Crippen molar-refractivity contribution in [2.24, 2.45) is 0 Å². The number of benzene rings is 2. The molecule has 0 bridgehead atoms. The van der Waals surface area contributed by atoms with Crippen LogP contribution in [0.3, 0.4) is 0 Å². The van der Waals surface area contributed by atoms with Crippen LogP contribution in [0.15, 0.2) is 48.5 Å². The Labute approximate surface area is 168 Å². The van der Waals surface area contributed by atoms with Crippen LogP contribution >= 0.6 is 0 Å². The predicted molar refractivity (Wildman–Crippen MR) is 105 cm³/mol. The number of ether oxygens (including phenoxy) is 1. The summed E-state index contributed by atoms with van der Waals surface area (Å²) < 4.78 is 18.4. The molecule has 0 atom stereocenters. The maximum Gasteiger partial charge on any atom is 0.260 e. The lowest BCUT2D eigenvalue weighted by Gasteiger charge is -2.34. The number of carbonyl (C=O) groups excluding carboxylic acids is 2. The van der Waals surface area contributed by atoms with Gasteiger partial charge in [0.15, 0.2) is 6.61 Å². The molecule has 0 aromatic heterocycles. The minimum Gasteiger partial charge on any atom is -0.484 e. The Morgan fingerprint density at radius 3 is 2.52 bits per heavy atom. The van der Waals surface area contributed by atoms with E-state index in [0.717, 1.165) is 0 Å². The van der Waals surface area contributed by atoms with Gasteiger partial charge in [0.2, 0.25) is 5.91 Å². The number of halogens is 1. The third kappa shape index (κ3) is 6.02. The Balaban J connectivity index is 1.40. The minimum absolute atomic E-state index is 0.0973. The summed E-state index contributed by atoms with van der Waals surface area (Å²) in [6.07, 6.45) is 0. The van der Waals surface area contributed by atoms with E-state index in [4.69, 9.17) is 10.00 Å². The van der Waals surface area contributed by atoms with Crippen LogP contribution in [0.4, 0.5) is 10.1 Å². The van der Waals surface area contributed by atoms with E-state index in [2.05, 4.69) is 5.32 Å². The molecule has 2 amide bonds. The van der Waals surface area contributed by atoms with E-state index in [-0.39, 0.29) is 30.8 Å². The van der Waals surface area contributed by atoms with Crippen molar-refractivity contribution in [1.82, 2.24) is 9.80 Å². The lowest BCUT2D eigenvalue weighted by atomic mass is 10.2. The summed E-state index contributed by atoms with van der Waals surface area (Å²) in [6.45, 7) is 2.27. The number of hydrogen-bond donors (Lipinski definition) is 1. The van der Waals surface area contributed by atoms with Crippen molar-refractivity contribution in [3.8, 4) is 11.8 Å². The van der Waals surface area contributed by atoms with Gasteiger partial charge in [-0.25, -0.2) is 4.39 Å². The van der Waals surface area contributed by atoms with Gasteiger partial charge in [0.05, 0.1) is 18.2 Å². The molecule has 0 unspecified atom stereocenters. The summed E-state index contributed by atoms with van der Waals surface area (Å²) in [6, 6.07) is 14.3. The molecule has 29 heavy (non-hydrogen) atoms. The molecular formula is C21H21FN4O3. The summed E-state index contributed by atoms with van der Waals surface area (Å²) in [5.74, 6) is -0.195. The zero-order chi connectivity index (χ0) is 20.6. The molecule has 2 aromatic rings. The van der Waals surface area contributed by atoms with Crippen LogP contribution in [0.1, 0.15) is 5.56 Å². The van der Waals surface area contributed by atoms with Crippen LogP contribution in [0, 0.1) is 17.1 Å². The fourth-order valence-electron chi connectivity index (χ4n) is 2.98. The molecule has 0 spiro atoms. The molecule has 2 aromatic carbocycles. The number of nitrogens with one attached hydrogen (secondary N) is 1. The van der Waals surface area contributed by atoms with Crippen LogP contribution in [0.2, 0.25) is 0 Å². The molecule has 1 heterocycles. The molecule has 7 nitrogen and oxygen atoms in total. The average Bonchev–Trinajstić information content (AvgIpc) is 2.74. The molecule has 1 fully saturated rings. The molecule has 3 rings (SSSR count). The number of carbonyl (C=O) groups is 2. The van der Waals surface area contributed by atoms with Crippen LogP contribution in [0.25, 0.3) is 0 Å². The highest BCUT2D eigenvalue weighted by molar-refractivity contribution is 5.92. The van der Waals surface area contributed by atoms with Crippen molar-refractivity contribution < 1.29 is 18.7 Å². The second-order valence-corrected chi connectivity index (χ2v) is 6.64. The fourth-order valence-corrected chi connectivity index (χ4v) is 2.98. The van der Waals surface area contributed by atoms with Crippen LogP contribution in [-0.2, 0) is 9.59 Å². The standard InChI is InChI=1S/C21H21FN4O3/c22-17-4-6-18(7-5-17)24-20(27)14-25-8-10-26(11-9-25)21(28)15-29-19-3-1-2-16(12-19)13-23/h1-7,12H,8-11,14-15H2,(H,24,27). The second-order valence-electron chi connectivity index (χ2n) is 6.64. The van der Waals surface area contributed by atoms with Gasteiger partial charge in [-0.2, -0.15) is 5.26 Å². The first-order chi connectivity index (χ1) is 14.0. The second kappa shape index (κ2) is 9.66. The van der Waals surface area contributed by atoms with Crippen molar-refractivity contribution in [1.29, 1.82) is 5.26 Å². The van der Waals surface area contributed by atoms with Gasteiger partial charge < -0.3 is 15.0 Å². The number of anilines is 1. The van der Waals surface area contributed by atoms with Gasteiger partial charge in [0.1, 0.15) is 11.6 Å². The lowest BCUT2D eigenvalue weighted by molar-refractivity contribution is -0.135. The van der Waals surface area contributed by atoms with Gasteiger partial charge in [0, 0.05) is 31.9 Å². The first kappa shape index (κ1) is 20.3. The maximum atomic E-state index is 12.9. The Hall–Kier alpha value is -3.44. The maximum absolute atomic E-state index is 12.9. The van der Waals surface area contributed by atoms with Gasteiger partial charge >= 0.3 is 0 Å². The zero-order valence-corrected chi connectivity index (χ0v) is 15.8. The Bertz CT molecular complexity index is 903. The topological polar surface area (TPSA) is 85.7 Å². The molecule has 0 aliphatic carbocycles. The van der Waals surface area contributed by atoms with Crippen molar-refractivity contribution in [3.63, 3.8) is 0 Å². The van der Waals surface area contributed by atoms with E-state index in [9.17, 15) is 14.0 Å². The smallest absolute Gasteiger partial charge is 0.260 e. The van der Waals surface area contributed by atoms with Gasteiger partial charge in [-0.05, 0) is 42.5 Å². The molecule has 1 aliphatic rings. The number of hydrogen-bond acceptors (Lipinski definition) is 5. The van der Waals surface area contributed by atoms with Crippen molar-refractivity contribution in [2.45, 2.75) is 0 Å². The first-order valence-corrected chi connectivity index (χ1v) is 9.22. The third-order valence-electron chi connectivity index (χ3n) is 4.55. The van der Waals surface area contributed by atoms with E-state index in [1.165, 1.54) is 24.3 Å². The summed E-state index contributed by atoms with van der Waals surface area (Å²) in [5.41, 5.74) is 1.02. The van der Waals surface area contributed by atoms with E-state index < -0.39 is 0 Å². The molecule has 0 radical (unpaired) electrons. The summed E-state index contributed by atoms with van der Waals surface area (Å²) in [5, 5.41) is 11.6. The number of amides is 2. The molecule has 150 valence electrons. The quantitative estimate of drug-likeness (QED) is 0.806. The Morgan fingerprint density at radius 2 is 1.83 bits per heavy atom. The molecule has 1 saturated heterocycles. The van der Waals surface area contributed by atoms with Crippen LogP contribution in [0.5, 0.6) is 5.75 Å². The minimum atomic E-state index is -0.356. The van der Waals surface area contributed by atoms with E-state index in [1.54, 1.807) is 29.2 Å². The molecule has 0 saturated carbocycles. The molecule has 1 aliphatic heterocycles.